The molecular weight excluding hydrogens is 376 g/mol. The monoisotopic (exact) mass is 402 g/mol. The molecule has 0 saturated heterocycles. The molecule has 2 heterocycles. The molecule has 1 N–H and O–H groups in total. The summed E-state index contributed by atoms with van der Waals surface area (Å²) in [5.41, 5.74) is 2.17. The number of carbonyl (C=O) groups excluding carboxylic acids is 1. The fourth-order valence-electron chi connectivity index (χ4n) is 2.40. The van der Waals surface area contributed by atoms with Crippen LogP contribution < -0.4 is 4.72 Å². The molecule has 6 heteroatoms. The number of fused-ring (bicyclic) bond motifs is 1. The lowest BCUT2D eigenvalue weighted by Crippen LogP contribution is -2.10. The van der Waals surface area contributed by atoms with E-state index in [1.807, 2.05) is 26.0 Å². The van der Waals surface area contributed by atoms with Crippen LogP contribution >= 0.6 is 23.3 Å². The topological polar surface area (TPSA) is 51.2 Å². The Bertz CT molecular complexity index is 897. The smallest absolute Gasteiger partial charge is 0.350 e. The third kappa shape index (κ3) is 5.02. The Morgan fingerprint density at radius 2 is 1.81 bits per heavy atom. The molecular formula is C21H26N2O2S2. The summed E-state index contributed by atoms with van der Waals surface area (Å²) < 4.78 is 8.22. The van der Waals surface area contributed by atoms with Crippen molar-refractivity contribution in [3.63, 3.8) is 0 Å². The second-order valence-corrected chi connectivity index (χ2v) is 8.51. The Kier molecular flexibility index (Phi) is 7.27. The predicted octanol–water partition coefficient (Wildman–Crippen LogP) is 6.53. The van der Waals surface area contributed by atoms with Gasteiger partial charge < -0.3 is 9.46 Å². The van der Waals surface area contributed by atoms with Crippen LogP contribution in [0.2, 0.25) is 0 Å². The Balaban J connectivity index is 0.00000126. The first kappa shape index (κ1) is 21.3. The van der Waals surface area contributed by atoms with Crippen LogP contribution in [-0.4, -0.2) is 18.1 Å². The third-order valence-electron chi connectivity index (χ3n) is 3.83. The first-order valence-electron chi connectivity index (χ1n) is 8.89. The van der Waals surface area contributed by atoms with Crippen molar-refractivity contribution < 1.29 is 9.53 Å². The number of nitrogens with one attached hydrogen (secondary N) is 1. The van der Waals surface area contributed by atoms with Crippen LogP contribution in [0.4, 0.5) is 5.69 Å². The van der Waals surface area contributed by atoms with Crippen LogP contribution in [0.5, 0.6) is 0 Å². The van der Waals surface area contributed by atoms with E-state index in [1.165, 1.54) is 36.0 Å². The van der Waals surface area contributed by atoms with Gasteiger partial charge in [0, 0.05) is 16.5 Å². The predicted molar refractivity (Wildman–Crippen MR) is 117 cm³/mol. The Labute approximate surface area is 169 Å². The van der Waals surface area contributed by atoms with Crippen LogP contribution in [0.25, 0.3) is 10.2 Å². The van der Waals surface area contributed by atoms with Gasteiger partial charge in [-0.1, -0.05) is 46.8 Å². The highest BCUT2D eigenvalue weighted by Crippen LogP contribution is 2.37. The summed E-state index contributed by atoms with van der Waals surface area (Å²) in [6, 6.07) is 12.3. The zero-order chi connectivity index (χ0) is 20.0. The highest BCUT2D eigenvalue weighted by molar-refractivity contribution is 8.00. The first-order valence-corrected chi connectivity index (χ1v) is 10.5. The van der Waals surface area contributed by atoms with Crippen molar-refractivity contribution in [2.45, 2.75) is 44.9 Å². The highest BCUT2D eigenvalue weighted by Gasteiger charge is 2.20. The molecule has 144 valence electrons. The van der Waals surface area contributed by atoms with Crippen molar-refractivity contribution in [2.24, 2.45) is 0 Å². The van der Waals surface area contributed by atoms with Crippen molar-refractivity contribution >= 4 is 45.2 Å². The van der Waals surface area contributed by atoms with Gasteiger partial charge in [0.1, 0.15) is 9.71 Å². The number of carbonyl (C=O) groups is 1. The minimum atomic E-state index is -0.353. The van der Waals surface area contributed by atoms with E-state index in [-0.39, 0.29) is 11.4 Å². The number of thiophene rings is 1. The molecule has 0 unspecified atom stereocenters. The van der Waals surface area contributed by atoms with Crippen molar-refractivity contribution in [1.82, 2.24) is 4.98 Å². The van der Waals surface area contributed by atoms with Crippen LogP contribution in [0.15, 0.2) is 47.5 Å². The molecule has 0 spiro atoms. The fourth-order valence-corrected chi connectivity index (χ4v) is 4.19. The average molecular weight is 403 g/mol. The number of hydrogen-bond acceptors (Lipinski definition) is 6. The van der Waals surface area contributed by atoms with E-state index >= 15 is 0 Å². The number of aromatic nitrogens is 1. The number of pyridine rings is 1. The summed E-state index contributed by atoms with van der Waals surface area (Å²) in [5.74, 6) is -0.353. The lowest BCUT2D eigenvalue weighted by atomic mass is 9.87. The molecule has 2 aromatic heterocycles. The van der Waals surface area contributed by atoms with Gasteiger partial charge in [-0.25, -0.2) is 9.78 Å². The SMILES string of the molecule is CC.COC(=O)c1sc2ncccc2c1NSc1ccc(C(C)(C)C)cc1. The van der Waals surface area contributed by atoms with Gasteiger partial charge in [-0.15, -0.1) is 11.3 Å². The summed E-state index contributed by atoms with van der Waals surface area (Å²) in [7, 11) is 1.39. The van der Waals surface area contributed by atoms with Gasteiger partial charge in [-0.3, -0.25) is 0 Å². The number of benzene rings is 1. The lowest BCUT2D eigenvalue weighted by Gasteiger charge is -2.19. The number of hydrogen-bond donors (Lipinski definition) is 1. The maximum atomic E-state index is 12.1. The molecule has 0 saturated carbocycles. The molecule has 4 nitrogen and oxygen atoms in total. The lowest BCUT2D eigenvalue weighted by molar-refractivity contribution is 0.0607. The molecule has 1 aromatic carbocycles. The Morgan fingerprint density at radius 3 is 2.41 bits per heavy atom. The van der Waals surface area contributed by atoms with E-state index in [0.717, 1.165) is 20.8 Å². The molecule has 0 atom stereocenters. The zero-order valence-electron chi connectivity index (χ0n) is 16.6. The Morgan fingerprint density at radius 1 is 1.15 bits per heavy atom. The maximum absolute atomic E-state index is 12.1. The minimum absolute atomic E-state index is 0.129. The number of nitrogens with zero attached hydrogens (tertiary/aromatic N) is 1. The average Bonchev–Trinajstić information content (AvgIpc) is 3.05. The highest BCUT2D eigenvalue weighted by atomic mass is 32.2. The van der Waals surface area contributed by atoms with E-state index in [9.17, 15) is 4.79 Å². The minimum Gasteiger partial charge on any atom is -0.465 e. The van der Waals surface area contributed by atoms with E-state index < -0.39 is 0 Å². The van der Waals surface area contributed by atoms with E-state index in [0.29, 0.717) is 4.88 Å². The second kappa shape index (κ2) is 9.24. The largest absolute Gasteiger partial charge is 0.465 e. The van der Waals surface area contributed by atoms with Crippen molar-refractivity contribution in [3.8, 4) is 0 Å². The third-order valence-corrected chi connectivity index (χ3v) is 5.74. The van der Waals surface area contributed by atoms with Gasteiger partial charge in [0.25, 0.3) is 0 Å². The van der Waals surface area contributed by atoms with Crippen LogP contribution in [0.1, 0.15) is 49.9 Å². The summed E-state index contributed by atoms with van der Waals surface area (Å²) in [5, 5.41) is 0.923. The standard InChI is InChI=1S/C19H20N2O2S2.C2H6/c1-19(2,3)12-7-9-13(10-8-12)25-21-15-14-6-5-11-20-17(14)24-16(15)18(22)23-4;1-2/h5-11,21H,1-4H3;1-2H3. The first-order chi connectivity index (χ1) is 12.9. The van der Waals surface area contributed by atoms with E-state index in [1.54, 1.807) is 6.20 Å². The molecule has 0 amide bonds. The molecule has 0 aliphatic heterocycles. The van der Waals surface area contributed by atoms with Crippen molar-refractivity contribution in [1.29, 1.82) is 0 Å². The van der Waals surface area contributed by atoms with Gasteiger partial charge in [-0.2, -0.15) is 0 Å². The summed E-state index contributed by atoms with van der Waals surface area (Å²) in [4.78, 5) is 18.8. The summed E-state index contributed by atoms with van der Waals surface area (Å²) in [6.07, 6.45) is 1.72. The number of methoxy groups -OCH3 is 1. The molecule has 0 aliphatic rings. The van der Waals surface area contributed by atoms with Crippen LogP contribution in [0, 0.1) is 0 Å². The van der Waals surface area contributed by atoms with Crippen LogP contribution in [0.3, 0.4) is 0 Å². The number of esters is 1. The van der Waals surface area contributed by atoms with Crippen LogP contribution in [-0.2, 0) is 10.2 Å². The summed E-state index contributed by atoms with van der Waals surface area (Å²) >= 11 is 2.81. The second-order valence-electron chi connectivity index (χ2n) is 6.63. The Hall–Kier alpha value is -2.05. The zero-order valence-corrected chi connectivity index (χ0v) is 18.3. The number of rotatable bonds is 4. The van der Waals surface area contributed by atoms with Gasteiger partial charge in [0.05, 0.1) is 12.8 Å². The van der Waals surface area contributed by atoms with Crippen molar-refractivity contribution in [3.05, 3.63) is 53.0 Å². The molecule has 0 aliphatic carbocycles. The van der Waals surface area contributed by atoms with Gasteiger partial charge in [0.2, 0.25) is 0 Å². The van der Waals surface area contributed by atoms with E-state index in [4.69, 9.17) is 4.74 Å². The molecule has 0 fully saturated rings. The molecule has 27 heavy (non-hydrogen) atoms. The number of anilines is 1. The quantitative estimate of drug-likeness (QED) is 0.397. The number of ether oxygens (including phenoxy) is 1. The normalized spacial score (nSPS) is 10.9. The van der Waals surface area contributed by atoms with E-state index in [2.05, 4.69) is 54.7 Å². The molecule has 3 rings (SSSR count). The summed E-state index contributed by atoms with van der Waals surface area (Å²) in [6.45, 7) is 10.6. The van der Waals surface area contributed by atoms with Gasteiger partial charge in [0.15, 0.2) is 0 Å². The molecule has 3 aromatic rings. The maximum Gasteiger partial charge on any atom is 0.350 e. The van der Waals surface area contributed by atoms with Gasteiger partial charge >= 0.3 is 5.97 Å². The molecule has 0 bridgehead atoms. The molecule has 0 radical (unpaired) electrons. The van der Waals surface area contributed by atoms with Crippen molar-refractivity contribution in [2.75, 3.05) is 11.8 Å². The van der Waals surface area contributed by atoms with Gasteiger partial charge in [-0.05, 0) is 47.2 Å². The fraction of sp³-hybridized carbons (Fsp3) is 0.333.